The predicted molar refractivity (Wildman–Crippen MR) is 105 cm³/mol. The molecule has 0 saturated heterocycles. The molecular formula is C18H14N6O3S. The van der Waals surface area contributed by atoms with E-state index in [1.807, 2.05) is 13.8 Å². The van der Waals surface area contributed by atoms with Crippen molar-refractivity contribution in [2.75, 3.05) is 0 Å². The first-order chi connectivity index (χ1) is 13.5. The highest BCUT2D eigenvalue weighted by molar-refractivity contribution is 7.22. The number of nitrogens with one attached hydrogen (secondary N) is 1. The summed E-state index contributed by atoms with van der Waals surface area (Å²) in [6.45, 7) is 3.65. The molecule has 10 heteroatoms. The standard InChI is InChI=1S/C18H14N6O3S/c1-8-14(9(2)27-22-8)13-4-11-16(28-13)17(25)24(18(26)21-11)12-7-19-5-10-6-20-23(3)15(10)12/h4-7H,1-3H3,(H,21,26). The van der Waals surface area contributed by atoms with Gasteiger partial charge in [-0.3, -0.25) is 14.5 Å². The lowest BCUT2D eigenvalue weighted by molar-refractivity contribution is 0.393. The summed E-state index contributed by atoms with van der Waals surface area (Å²) < 4.78 is 8.39. The number of fused-ring (bicyclic) bond motifs is 2. The normalized spacial score (nSPS) is 11.7. The molecule has 9 nitrogen and oxygen atoms in total. The van der Waals surface area contributed by atoms with Crippen LogP contribution in [-0.2, 0) is 7.05 Å². The van der Waals surface area contributed by atoms with Crippen LogP contribution in [0.3, 0.4) is 0 Å². The number of H-pyrrole nitrogens is 1. The maximum atomic E-state index is 13.2. The van der Waals surface area contributed by atoms with Crippen LogP contribution in [0.1, 0.15) is 11.5 Å². The van der Waals surface area contributed by atoms with Crippen LogP contribution in [-0.4, -0.2) is 29.5 Å². The number of rotatable bonds is 2. The molecular weight excluding hydrogens is 380 g/mol. The van der Waals surface area contributed by atoms with Gasteiger partial charge in [0.1, 0.15) is 10.5 Å². The zero-order valence-electron chi connectivity index (χ0n) is 15.2. The Labute approximate surface area is 160 Å². The second kappa shape index (κ2) is 5.73. The van der Waals surface area contributed by atoms with Crippen molar-refractivity contribution in [1.82, 2.24) is 29.5 Å². The van der Waals surface area contributed by atoms with Gasteiger partial charge in [-0.2, -0.15) is 5.10 Å². The Kier molecular flexibility index (Phi) is 3.40. The van der Waals surface area contributed by atoms with Crippen molar-refractivity contribution in [3.05, 3.63) is 56.9 Å². The number of thiophene rings is 1. The third-order valence-corrected chi connectivity index (χ3v) is 5.86. The van der Waals surface area contributed by atoms with Crippen LogP contribution in [0.2, 0.25) is 0 Å². The Balaban J connectivity index is 1.83. The number of aromatic amines is 1. The van der Waals surface area contributed by atoms with Gasteiger partial charge in [-0.05, 0) is 19.9 Å². The van der Waals surface area contributed by atoms with E-state index in [0.717, 1.165) is 26.1 Å². The van der Waals surface area contributed by atoms with Gasteiger partial charge in [-0.25, -0.2) is 9.36 Å². The third kappa shape index (κ3) is 2.21. The minimum Gasteiger partial charge on any atom is -0.361 e. The van der Waals surface area contributed by atoms with Gasteiger partial charge in [0.15, 0.2) is 0 Å². The number of nitrogens with zero attached hydrogens (tertiary/aromatic N) is 5. The average Bonchev–Trinajstić information content (AvgIpc) is 3.33. The van der Waals surface area contributed by atoms with Crippen LogP contribution in [0.25, 0.3) is 37.2 Å². The van der Waals surface area contributed by atoms with Crippen LogP contribution < -0.4 is 11.2 Å². The molecule has 5 rings (SSSR count). The first kappa shape index (κ1) is 16.6. The van der Waals surface area contributed by atoms with E-state index >= 15 is 0 Å². The molecule has 28 heavy (non-hydrogen) atoms. The van der Waals surface area contributed by atoms with E-state index in [-0.39, 0.29) is 0 Å². The smallest absolute Gasteiger partial charge is 0.333 e. The summed E-state index contributed by atoms with van der Waals surface area (Å²) in [4.78, 5) is 33.8. The molecule has 1 N–H and O–H groups in total. The molecule has 0 bridgehead atoms. The van der Waals surface area contributed by atoms with Gasteiger partial charge in [0, 0.05) is 23.5 Å². The molecule has 140 valence electrons. The van der Waals surface area contributed by atoms with E-state index in [1.165, 1.54) is 17.5 Å². The van der Waals surface area contributed by atoms with Crippen LogP contribution in [0, 0.1) is 13.8 Å². The van der Waals surface area contributed by atoms with Crippen molar-refractivity contribution in [3.63, 3.8) is 0 Å². The quantitative estimate of drug-likeness (QED) is 0.492. The first-order valence-corrected chi connectivity index (χ1v) is 9.25. The summed E-state index contributed by atoms with van der Waals surface area (Å²) >= 11 is 1.29. The molecule has 0 aliphatic rings. The van der Waals surface area contributed by atoms with E-state index in [2.05, 4.69) is 20.2 Å². The summed E-state index contributed by atoms with van der Waals surface area (Å²) in [6.07, 6.45) is 4.78. The molecule has 5 aromatic heterocycles. The Morgan fingerprint density at radius 3 is 2.75 bits per heavy atom. The summed E-state index contributed by atoms with van der Waals surface area (Å²) in [5.74, 6) is 0.663. The van der Waals surface area contributed by atoms with E-state index < -0.39 is 11.2 Å². The fraction of sp³-hybridized carbons (Fsp3) is 0.167. The Bertz CT molecular complexity index is 1480. The summed E-state index contributed by atoms with van der Waals surface area (Å²) in [5.41, 5.74) is 2.16. The highest BCUT2D eigenvalue weighted by Crippen LogP contribution is 2.34. The number of pyridine rings is 1. The summed E-state index contributed by atoms with van der Waals surface area (Å²) in [5, 5.41) is 8.90. The predicted octanol–water partition coefficient (Wildman–Crippen LogP) is 2.29. The van der Waals surface area contributed by atoms with Gasteiger partial charge in [0.05, 0.1) is 40.4 Å². The van der Waals surface area contributed by atoms with Gasteiger partial charge in [0.25, 0.3) is 5.56 Å². The largest absolute Gasteiger partial charge is 0.361 e. The lowest BCUT2D eigenvalue weighted by Crippen LogP contribution is -2.33. The molecule has 0 fully saturated rings. The third-order valence-electron chi connectivity index (χ3n) is 4.71. The number of aryl methyl sites for hydroxylation is 3. The monoisotopic (exact) mass is 394 g/mol. The zero-order chi connectivity index (χ0) is 19.6. The van der Waals surface area contributed by atoms with E-state index in [4.69, 9.17) is 4.52 Å². The van der Waals surface area contributed by atoms with Crippen molar-refractivity contribution in [2.24, 2.45) is 7.05 Å². The van der Waals surface area contributed by atoms with Gasteiger partial charge in [0.2, 0.25) is 0 Å². The van der Waals surface area contributed by atoms with Crippen molar-refractivity contribution in [1.29, 1.82) is 0 Å². The van der Waals surface area contributed by atoms with E-state index in [1.54, 1.807) is 30.2 Å². The number of hydrogen-bond donors (Lipinski definition) is 1. The summed E-state index contributed by atoms with van der Waals surface area (Å²) in [7, 11) is 1.75. The second-order valence-corrected chi connectivity index (χ2v) is 7.54. The molecule has 0 aromatic carbocycles. The molecule has 0 amide bonds. The molecule has 0 aliphatic carbocycles. The van der Waals surface area contributed by atoms with Gasteiger partial charge < -0.3 is 9.51 Å². The Morgan fingerprint density at radius 2 is 2.00 bits per heavy atom. The molecule has 5 aromatic rings. The lowest BCUT2D eigenvalue weighted by Gasteiger charge is -2.06. The second-order valence-electron chi connectivity index (χ2n) is 6.49. The first-order valence-electron chi connectivity index (χ1n) is 8.44. The van der Waals surface area contributed by atoms with Crippen molar-refractivity contribution < 1.29 is 4.52 Å². The highest BCUT2D eigenvalue weighted by Gasteiger charge is 2.19. The van der Waals surface area contributed by atoms with Crippen molar-refractivity contribution in [2.45, 2.75) is 13.8 Å². The van der Waals surface area contributed by atoms with Crippen LogP contribution in [0.5, 0.6) is 0 Å². The van der Waals surface area contributed by atoms with Gasteiger partial charge in [-0.1, -0.05) is 5.16 Å². The molecule has 0 radical (unpaired) electrons. The minimum absolute atomic E-state index is 0.387. The Morgan fingerprint density at radius 1 is 1.18 bits per heavy atom. The fourth-order valence-corrected chi connectivity index (χ4v) is 4.65. The minimum atomic E-state index is -0.531. The van der Waals surface area contributed by atoms with Gasteiger partial charge in [-0.15, -0.1) is 11.3 Å². The topological polar surface area (TPSA) is 112 Å². The fourth-order valence-electron chi connectivity index (χ4n) is 3.46. The highest BCUT2D eigenvalue weighted by atomic mass is 32.1. The van der Waals surface area contributed by atoms with Crippen LogP contribution in [0.4, 0.5) is 0 Å². The maximum Gasteiger partial charge on any atom is 0.333 e. The molecule has 0 unspecified atom stereocenters. The van der Waals surface area contributed by atoms with Crippen molar-refractivity contribution >= 4 is 32.5 Å². The van der Waals surface area contributed by atoms with E-state index in [0.29, 0.717) is 27.2 Å². The molecule has 5 heterocycles. The molecule has 0 saturated carbocycles. The van der Waals surface area contributed by atoms with Crippen LogP contribution in [0.15, 0.2) is 38.8 Å². The average molecular weight is 394 g/mol. The maximum absolute atomic E-state index is 13.2. The van der Waals surface area contributed by atoms with Crippen LogP contribution >= 0.6 is 11.3 Å². The molecule has 0 aliphatic heterocycles. The molecule has 0 spiro atoms. The lowest BCUT2D eigenvalue weighted by atomic mass is 10.2. The van der Waals surface area contributed by atoms with Gasteiger partial charge >= 0.3 is 5.69 Å². The van der Waals surface area contributed by atoms with Crippen molar-refractivity contribution in [3.8, 4) is 16.1 Å². The zero-order valence-corrected chi connectivity index (χ0v) is 16.0. The summed E-state index contributed by atoms with van der Waals surface area (Å²) in [6, 6.07) is 1.78. The number of hydrogen-bond acceptors (Lipinski definition) is 7. The SMILES string of the molecule is Cc1noc(C)c1-c1cc2[nH]c(=O)n(-c3cncc4cnn(C)c34)c(=O)c2s1. The number of aromatic nitrogens is 6. The van der Waals surface area contributed by atoms with E-state index in [9.17, 15) is 9.59 Å². The Hall–Kier alpha value is -3.53. The molecule has 0 atom stereocenters.